The predicted molar refractivity (Wildman–Crippen MR) is 117 cm³/mol. The van der Waals surface area contributed by atoms with Crippen LogP contribution >= 0.6 is 0 Å². The number of aliphatic hydroxyl groups excluding tert-OH is 1. The average molecular weight is 453 g/mol. The van der Waals surface area contributed by atoms with E-state index in [0.717, 1.165) is 0 Å². The van der Waals surface area contributed by atoms with Crippen molar-refractivity contribution in [1.82, 2.24) is 16.0 Å². The Labute approximate surface area is 186 Å². The molecule has 11 nitrogen and oxygen atoms in total. The molecule has 6 N–H and O–H groups in total. The first-order valence-electron chi connectivity index (χ1n) is 10.3. The number of phenols is 1. The minimum Gasteiger partial charge on any atom is -0.507 e. The number of phenolic OH excluding ortho intramolecular Hbond substituents is 1. The SMILES string of the molecule is COC(=O)c1ccc(NC(=O)[C@H](CCCCNC(C)O)NC(=O)[C@H](C)NC(C)=O)cc1O. The molecule has 1 unspecified atom stereocenters. The number of carbonyl (C=O) groups excluding carboxylic acids is 4. The molecule has 0 heterocycles. The molecule has 0 spiro atoms. The molecule has 3 amide bonds. The lowest BCUT2D eigenvalue weighted by Crippen LogP contribution is -2.51. The van der Waals surface area contributed by atoms with Crippen molar-refractivity contribution >= 4 is 29.4 Å². The fourth-order valence-corrected chi connectivity index (χ4v) is 2.84. The molecule has 0 fully saturated rings. The molecule has 3 atom stereocenters. The van der Waals surface area contributed by atoms with Gasteiger partial charge in [0, 0.05) is 18.7 Å². The summed E-state index contributed by atoms with van der Waals surface area (Å²) in [7, 11) is 1.18. The molecule has 178 valence electrons. The lowest BCUT2D eigenvalue weighted by Gasteiger charge is -2.21. The predicted octanol–water partition coefficient (Wildman–Crippen LogP) is 0.225. The summed E-state index contributed by atoms with van der Waals surface area (Å²) < 4.78 is 4.56. The van der Waals surface area contributed by atoms with Crippen molar-refractivity contribution in [3.63, 3.8) is 0 Å². The Kier molecular flexibility index (Phi) is 11.1. The zero-order chi connectivity index (χ0) is 24.3. The highest BCUT2D eigenvalue weighted by atomic mass is 16.5. The number of hydrogen-bond acceptors (Lipinski definition) is 8. The van der Waals surface area contributed by atoms with E-state index in [1.54, 1.807) is 6.92 Å². The molecule has 1 aromatic rings. The van der Waals surface area contributed by atoms with E-state index in [1.807, 2.05) is 0 Å². The number of esters is 1. The number of ether oxygens (including phenoxy) is 1. The first kappa shape index (κ1) is 26.9. The Hall–Kier alpha value is -3.18. The summed E-state index contributed by atoms with van der Waals surface area (Å²) in [6.45, 7) is 4.92. The van der Waals surface area contributed by atoms with Crippen molar-refractivity contribution in [2.24, 2.45) is 0 Å². The number of amides is 3. The molecule has 32 heavy (non-hydrogen) atoms. The highest BCUT2D eigenvalue weighted by Gasteiger charge is 2.24. The molecule has 0 aliphatic carbocycles. The Morgan fingerprint density at radius 3 is 2.31 bits per heavy atom. The highest BCUT2D eigenvalue weighted by Crippen LogP contribution is 2.23. The normalized spacial score (nSPS) is 13.4. The number of carbonyl (C=O) groups is 4. The first-order chi connectivity index (χ1) is 15.0. The zero-order valence-electron chi connectivity index (χ0n) is 18.7. The van der Waals surface area contributed by atoms with Crippen LogP contribution in [0.3, 0.4) is 0 Å². The summed E-state index contributed by atoms with van der Waals surface area (Å²) in [5.74, 6) is -2.51. The van der Waals surface area contributed by atoms with E-state index in [4.69, 9.17) is 0 Å². The summed E-state index contributed by atoms with van der Waals surface area (Å²) in [5.41, 5.74) is 0.176. The van der Waals surface area contributed by atoms with Crippen LogP contribution < -0.4 is 21.3 Å². The number of aliphatic hydroxyl groups is 1. The van der Waals surface area contributed by atoms with Crippen molar-refractivity contribution in [3.8, 4) is 5.75 Å². The molecule has 0 saturated carbocycles. The summed E-state index contributed by atoms with van der Waals surface area (Å²) in [5, 5.41) is 29.8. The van der Waals surface area contributed by atoms with E-state index in [1.165, 1.54) is 39.2 Å². The molecule has 0 bridgehead atoms. The number of hydrogen-bond donors (Lipinski definition) is 6. The molecule has 1 rings (SSSR count). The molecule has 0 radical (unpaired) electrons. The molecule has 1 aromatic carbocycles. The van der Waals surface area contributed by atoms with Crippen LogP contribution in [0.5, 0.6) is 5.75 Å². The minimum absolute atomic E-state index is 0.0508. The average Bonchev–Trinajstić information content (AvgIpc) is 2.71. The van der Waals surface area contributed by atoms with Crippen LogP contribution in [0, 0.1) is 0 Å². The van der Waals surface area contributed by atoms with Crippen molar-refractivity contribution in [1.29, 1.82) is 0 Å². The molecule has 0 aliphatic rings. The van der Waals surface area contributed by atoms with E-state index in [0.29, 0.717) is 25.8 Å². The lowest BCUT2D eigenvalue weighted by molar-refractivity contribution is -0.130. The van der Waals surface area contributed by atoms with Gasteiger partial charge in [-0.15, -0.1) is 0 Å². The number of benzene rings is 1. The summed E-state index contributed by atoms with van der Waals surface area (Å²) in [6, 6.07) is 2.20. The van der Waals surface area contributed by atoms with Crippen LogP contribution in [0.15, 0.2) is 18.2 Å². The smallest absolute Gasteiger partial charge is 0.341 e. The van der Waals surface area contributed by atoms with Crippen LogP contribution in [0.4, 0.5) is 5.69 Å². The van der Waals surface area contributed by atoms with Crippen molar-refractivity contribution in [2.45, 2.75) is 58.3 Å². The van der Waals surface area contributed by atoms with Gasteiger partial charge < -0.3 is 30.9 Å². The molecule has 0 saturated heterocycles. The largest absolute Gasteiger partial charge is 0.507 e. The number of aromatic hydroxyl groups is 1. The second kappa shape index (κ2) is 13.3. The van der Waals surface area contributed by atoms with Gasteiger partial charge in [-0.25, -0.2) is 4.79 Å². The third kappa shape index (κ3) is 9.31. The highest BCUT2D eigenvalue weighted by molar-refractivity contribution is 5.99. The van der Waals surface area contributed by atoms with E-state index in [9.17, 15) is 29.4 Å². The van der Waals surface area contributed by atoms with E-state index in [-0.39, 0.29) is 22.9 Å². The van der Waals surface area contributed by atoms with E-state index < -0.39 is 36.1 Å². The molecular formula is C21H32N4O7. The number of anilines is 1. The van der Waals surface area contributed by atoms with Gasteiger partial charge in [0.2, 0.25) is 17.7 Å². The van der Waals surface area contributed by atoms with Gasteiger partial charge >= 0.3 is 5.97 Å². The zero-order valence-corrected chi connectivity index (χ0v) is 18.7. The Bertz CT molecular complexity index is 813. The molecular weight excluding hydrogens is 420 g/mol. The second-order valence-electron chi connectivity index (χ2n) is 7.32. The number of unbranched alkanes of at least 4 members (excludes halogenated alkanes) is 1. The lowest BCUT2D eigenvalue weighted by atomic mass is 10.1. The fourth-order valence-electron chi connectivity index (χ4n) is 2.84. The Morgan fingerprint density at radius 1 is 1.06 bits per heavy atom. The van der Waals surface area contributed by atoms with Gasteiger partial charge in [-0.3, -0.25) is 19.7 Å². The van der Waals surface area contributed by atoms with Crippen LogP contribution in [-0.2, 0) is 19.1 Å². The van der Waals surface area contributed by atoms with Crippen LogP contribution in [0.25, 0.3) is 0 Å². The van der Waals surface area contributed by atoms with Gasteiger partial charge in [-0.2, -0.15) is 0 Å². The maximum atomic E-state index is 12.8. The first-order valence-corrected chi connectivity index (χ1v) is 10.3. The van der Waals surface area contributed by atoms with Crippen molar-refractivity contribution in [3.05, 3.63) is 23.8 Å². The minimum atomic E-state index is -0.910. The van der Waals surface area contributed by atoms with Crippen LogP contribution in [0.2, 0.25) is 0 Å². The second-order valence-corrected chi connectivity index (χ2v) is 7.32. The number of rotatable bonds is 12. The van der Waals surface area contributed by atoms with Gasteiger partial charge in [0.05, 0.1) is 7.11 Å². The van der Waals surface area contributed by atoms with Gasteiger partial charge in [-0.1, -0.05) is 0 Å². The van der Waals surface area contributed by atoms with Gasteiger partial charge in [0.15, 0.2) is 0 Å². The maximum Gasteiger partial charge on any atom is 0.341 e. The van der Waals surface area contributed by atoms with Crippen LogP contribution in [-0.4, -0.2) is 65.9 Å². The Morgan fingerprint density at radius 2 is 1.75 bits per heavy atom. The quantitative estimate of drug-likeness (QED) is 0.149. The van der Waals surface area contributed by atoms with E-state index >= 15 is 0 Å². The molecule has 0 aliphatic heterocycles. The van der Waals surface area contributed by atoms with Gasteiger partial charge in [-0.05, 0) is 51.8 Å². The Balaban J connectivity index is 2.85. The van der Waals surface area contributed by atoms with Crippen molar-refractivity contribution < 1.29 is 34.1 Å². The molecule has 0 aromatic heterocycles. The van der Waals surface area contributed by atoms with E-state index in [2.05, 4.69) is 26.0 Å². The number of nitrogens with one attached hydrogen (secondary N) is 4. The van der Waals surface area contributed by atoms with Gasteiger partial charge in [0.1, 0.15) is 29.6 Å². The summed E-state index contributed by atoms with van der Waals surface area (Å²) in [4.78, 5) is 48.0. The van der Waals surface area contributed by atoms with Crippen molar-refractivity contribution in [2.75, 3.05) is 19.0 Å². The fraction of sp³-hybridized carbons (Fsp3) is 0.524. The van der Waals surface area contributed by atoms with Gasteiger partial charge in [0.25, 0.3) is 0 Å². The molecule has 11 heteroatoms. The third-order valence-electron chi connectivity index (χ3n) is 4.48. The third-order valence-corrected chi connectivity index (χ3v) is 4.48. The topological polar surface area (TPSA) is 166 Å². The maximum absolute atomic E-state index is 12.8. The van der Waals surface area contributed by atoms with Crippen LogP contribution in [0.1, 0.15) is 50.4 Å². The summed E-state index contributed by atoms with van der Waals surface area (Å²) in [6.07, 6.45) is 0.880. The summed E-state index contributed by atoms with van der Waals surface area (Å²) >= 11 is 0. The standard InChI is InChI=1S/C21H32N4O7/c1-12(23-14(3)27)19(29)25-17(7-5-6-10-22-13(2)26)20(30)24-15-8-9-16(18(28)11-15)21(31)32-4/h8-9,11-13,17,22,26,28H,5-7,10H2,1-4H3,(H,23,27)(H,24,30)(H,25,29)/t12-,13?,17-/m0/s1. The monoisotopic (exact) mass is 452 g/mol. The number of methoxy groups -OCH3 is 1.